The van der Waals surface area contributed by atoms with Crippen LogP contribution in [-0.2, 0) is 6.54 Å². The molecule has 1 aromatic rings. The Morgan fingerprint density at radius 3 is 2.53 bits per heavy atom. The number of hydrogen-bond donors (Lipinski definition) is 1. The molecule has 1 N–H and O–H groups in total. The van der Waals surface area contributed by atoms with Gasteiger partial charge in [-0.05, 0) is 24.7 Å². The minimum atomic E-state index is -0.173. The lowest BCUT2D eigenvalue weighted by atomic mass is 10.2. The Hall–Kier alpha value is -1.17. The van der Waals surface area contributed by atoms with Gasteiger partial charge in [-0.3, -0.25) is 5.43 Å². The summed E-state index contributed by atoms with van der Waals surface area (Å²) in [7, 11) is 5.85. The van der Waals surface area contributed by atoms with Gasteiger partial charge in [0.25, 0.3) is 0 Å². The molecular formula is C14H23FN4. The standard InChI is InChI=1S/C14H23FN4/c1-17(2)14-10-12(4-5-13(14)15)11-16-19-8-6-18(3)7-9-19/h4-5,10,16H,6-9,11H2,1-3H3. The summed E-state index contributed by atoms with van der Waals surface area (Å²) >= 11 is 0. The first-order chi connectivity index (χ1) is 9.06. The summed E-state index contributed by atoms with van der Waals surface area (Å²) in [6, 6.07) is 5.28. The van der Waals surface area contributed by atoms with Crippen LogP contribution in [0.2, 0.25) is 0 Å². The van der Waals surface area contributed by atoms with Gasteiger partial charge in [0.05, 0.1) is 5.69 Å². The maximum absolute atomic E-state index is 13.6. The Balaban J connectivity index is 1.91. The van der Waals surface area contributed by atoms with Crippen LogP contribution in [0.15, 0.2) is 18.2 Å². The fraction of sp³-hybridized carbons (Fsp3) is 0.571. The molecule has 1 aliphatic heterocycles. The van der Waals surface area contributed by atoms with Gasteiger partial charge in [0.1, 0.15) is 5.82 Å². The average Bonchev–Trinajstić information content (AvgIpc) is 2.39. The molecule has 0 radical (unpaired) electrons. The summed E-state index contributed by atoms with van der Waals surface area (Å²) in [4.78, 5) is 4.12. The lowest BCUT2D eigenvalue weighted by molar-refractivity contribution is 0.102. The minimum Gasteiger partial charge on any atom is -0.375 e. The van der Waals surface area contributed by atoms with E-state index in [9.17, 15) is 4.39 Å². The first-order valence-corrected chi connectivity index (χ1v) is 6.69. The lowest BCUT2D eigenvalue weighted by Crippen LogP contribution is -2.50. The summed E-state index contributed by atoms with van der Waals surface area (Å²) < 4.78 is 13.6. The van der Waals surface area contributed by atoms with Gasteiger partial charge < -0.3 is 9.80 Å². The van der Waals surface area contributed by atoms with E-state index in [4.69, 9.17) is 0 Å². The molecule has 106 valence electrons. The minimum absolute atomic E-state index is 0.173. The molecule has 0 aliphatic carbocycles. The van der Waals surface area contributed by atoms with Crippen molar-refractivity contribution in [3.05, 3.63) is 29.6 Å². The number of nitrogens with one attached hydrogen (secondary N) is 1. The highest BCUT2D eigenvalue weighted by molar-refractivity contribution is 5.48. The first kappa shape index (κ1) is 14.2. The molecule has 1 fully saturated rings. The number of hydrogen-bond acceptors (Lipinski definition) is 4. The fourth-order valence-electron chi connectivity index (χ4n) is 2.18. The van der Waals surface area contributed by atoms with Crippen LogP contribution in [0.4, 0.5) is 10.1 Å². The number of benzene rings is 1. The van der Waals surface area contributed by atoms with Gasteiger partial charge in [-0.1, -0.05) is 6.07 Å². The largest absolute Gasteiger partial charge is 0.375 e. The molecule has 4 nitrogen and oxygen atoms in total. The van der Waals surface area contributed by atoms with E-state index >= 15 is 0 Å². The van der Waals surface area contributed by atoms with Crippen molar-refractivity contribution in [3.63, 3.8) is 0 Å². The summed E-state index contributed by atoms with van der Waals surface area (Å²) in [6.45, 7) is 4.96. The van der Waals surface area contributed by atoms with Gasteiger partial charge in [0.15, 0.2) is 0 Å². The molecule has 5 heteroatoms. The van der Waals surface area contributed by atoms with Gasteiger partial charge in [0.2, 0.25) is 0 Å². The monoisotopic (exact) mass is 266 g/mol. The highest BCUT2D eigenvalue weighted by Gasteiger charge is 2.13. The Labute approximate surface area is 114 Å². The van der Waals surface area contributed by atoms with Crippen molar-refractivity contribution in [3.8, 4) is 0 Å². The van der Waals surface area contributed by atoms with Gasteiger partial charge in [-0.25, -0.2) is 9.40 Å². The molecule has 19 heavy (non-hydrogen) atoms. The van der Waals surface area contributed by atoms with Crippen LogP contribution >= 0.6 is 0 Å². The highest BCUT2D eigenvalue weighted by atomic mass is 19.1. The molecular weight excluding hydrogens is 243 g/mol. The van der Waals surface area contributed by atoms with Crippen molar-refractivity contribution < 1.29 is 4.39 Å². The van der Waals surface area contributed by atoms with Gasteiger partial charge in [0, 0.05) is 46.8 Å². The molecule has 0 bridgehead atoms. The Bertz CT molecular complexity index is 414. The van der Waals surface area contributed by atoms with Crippen LogP contribution in [0.3, 0.4) is 0 Å². The number of rotatable bonds is 4. The van der Waals surface area contributed by atoms with E-state index in [0.717, 1.165) is 38.3 Å². The van der Waals surface area contributed by atoms with Crippen molar-refractivity contribution in [2.45, 2.75) is 6.54 Å². The maximum atomic E-state index is 13.6. The van der Waals surface area contributed by atoms with Gasteiger partial charge in [-0.2, -0.15) is 0 Å². The number of halogens is 1. The summed E-state index contributed by atoms with van der Waals surface area (Å²) in [5, 5.41) is 2.23. The lowest BCUT2D eigenvalue weighted by Gasteiger charge is -2.32. The maximum Gasteiger partial charge on any atom is 0.146 e. The third kappa shape index (κ3) is 3.89. The predicted molar refractivity (Wildman–Crippen MR) is 76.6 cm³/mol. The van der Waals surface area contributed by atoms with E-state index < -0.39 is 0 Å². The Kier molecular flexibility index (Phi) is 4.74. The SMILES string of the molecule is CN1CCN(NCc2ccc(F)c(N(C)C)c2)CC1. The van der Waals surface area contributed by atoms with Crippen molar-refractivity contribution in [1.82, 2.24) is 15.3 Å². The average molecular weight is 266 g/mol. The summed E-state index contributed by atoms with van der Waals surface area (Å²) in [6.07, 6.45) is 0. The van der Waals surface area contributed by atoms with Crippen LogP contribution in [0.25, 0.3) is 0 Å². The van der Waals surface area contributed by atoms with E-state index in [2.05, 4.69) is 22.4 Å². The van der Waals surface area contributed by atoms with Crippen LogP contribution in [0, 0.1) is 5.82 Å². The molecule has 0 atom stereocenters. The topological polar surface area (TPSA) is 21.8 Å². The Morgan fingerprint density at radius 1 is 1.21 bits per heavy atom. The first-order valence-electron chi connectivity index (χ1n) is 6.69. The van der Waals surface area contributed by atoms with E-state index in [0.29, 0.717) is 5.69 Å². The van der Waals surface area contributed by atoms with E-state index in [1.807, 2.05) is 26.2 Å². The fourth-order valence-corrected chi connectivity index (χ4v) is 2.18. The second kappa shape index (κ2) is 6.32. The molecule has 0 amide bonds. The number of piperazine rings is 1. The third-order valence-corrected chi connectivity index (χ3v) is 3.50. The van der Waals surface area contributed by atoms with Crippen molar-refractivity contribution in [1.29, 1.82) is 0 Å². The molecule has 0 aromatic heterocycles. The predicted octanol–water partition coefficient (Wildman–Crippen LogP) is 1.14. The quantitative estimate of drug-likeness (QED) is 0.882. The molecule has 1 saturated heterocycles. The van der Waals surface area contributed by atoms with Crippen molar-refractivity contribution in [2.24, 2.45) is 0 Å². The zero-order valence-corrected chi connectivity index (χ0v) is 12.0. The smallest absolute Gasteiger partial charge is 0.146 e. The number of anilines is 1. The van der Waals surface area contributed by atoms with Crippen LogP contribution in [0.5, 0.6) is 0 Å². The molecule has 1 aromatic carbocycles. The molecule has 2 rings (SSSR count). The Morgan fingerprint density at radius 2 is 1.89 bits per heavy atom. The van der Waals surface area contributed by atoms with Crippen LogP contribution < -0.4 is 10.3 Å². The van der Waals surface area contributed by atoms with E-state index in [-0.39, 0.29) is 5.82 Å². The summed E-state index contributed by atoms with van der Waals surface area (Å²) in [5.74, 6) is -0.173. The van der Waals surface area contributed by atoms with Crippen molar-refractivity contribution in [2.75, 3.05) is 52.2 Å². The van der Waals surface area contributed by atoms with Crippen molar-refractivity contribution >= 4 is 5.69 Å². The van der Waals surface area contributed by atoms with E-state index in [1.165, 1.54) is 6.07 Å². The molecule has 1 heterocycles. The van der Waals surface area contributed by atoms with Crippen LogP contribution in [0.1, 0.15) is 5.56 Å². The molecule has 1 aliphatic rings. The second-order valence-corrected chi connectivity index (χ2v) is 5.31. The number of nitrogens with zero attached hydrogens (tertiary/aromatic N) is 3. The zero-order valence-electron chi connectivity index (χ0n) is 12.0. The van der Waals surface area contributed by atoms with Gasteiger partial charge in [-0.15, -0.1) is 0 Å². The van der Waals surface area contributed by atoms with Crippen LogP contribution in [-0.4, -0.2) is 57.2 Å². The molecule has 0 unspecified atom stereocenters. The highest BCUT2D eigenvalue weighted by Crippen LogP contribution is 2.18. The van der Waals surface area contributed by atoms with E-state index in [1.54, 1.807) is 4.90 Å². The second-order valence-electron chi connectivity index (χ2n) is 5.31. The van der Waals surface area contributed by atoms with Gasteiger partial charge >= 0.3 is 0 Å². The zero-order chi connectivity index (χ0) is 13.8. The number of likely N-dealkylation sites (N-methyl/N-ethyl adjacent to an activating group) is 1. The normalized spacial score (nSPS) is 17.7. The summed E-state index contributed by atoms with van der Waals surface area (Å²) in [5.41, 5.74) is 5.15. The molecule has 0 saturated carbocycles. The third-order valence-electron chi connectivity index (χ3n) is 3.50. The number of hydrazine groups is 1. The molecule has 0 spiro atoms.